The van der Waals surface area contributed by atoms with Crippen molar-refractivity contribution in [1.82, 2.24) is 19.9 Å². The molecule has 4 rings (SSSR count). The molecule has 2 aromatic heterocycles. The number of hydrogen-bond donors (Lipinski definition) is 2. The highest BCUT2D eigenvalue weighted by Gasteiger charge is 2.24. The van der Waals surface area contributed by atoms with Crippen molar-refractivity contribution < 1.29 is 4.74 Å². The number of nitrogens with one attached hydrogen (secondary N) is 2. The zero-order valence-electron chi connectivity index (χ0n) is 11.3. The topological polar surface area (TPSA) is 66.6 Å². The number of benzene rings is 1. The number of para-hydroxylation sites is 1. The SMILES string of the molecule is COc1cccc2[nH]c(C3CCc4nc[nH]c4C3)nc12. The molecule has 3 aromatic rings. The smallest absolute Gasteiger partial charge is 0.146 e. The summed E-state index contributed by atoms with van der Waals surface area (Å²) in [5.74, 6) is 2.29. The first kappa shape index (κ1) is 11.5. The lowest BCUT2D eigenvalue weighted by Crippen LogP contribution is -2.13. The second-order valence-electron chi connectivity index (χ2n) is 5.25. The minimum Gasteiger partial charge on any atom is -0.494 e. The Morgan fingerprint density at radius 2 is 2.30 bits per heavy atom. The van der Waals surface area contributed by atoms with Crippen molar-refractivity contribution in [2.75, 3.05) is 7.11 Å². The monoisotopic (exact) mass is 268 g/mol. The molecule has 0 aliphatic heterocycles. The van der Waals surface area contributed by atoms with E-state index in [4.69, 9.17) is 9.72 Å². The van der Waals surface area contributed by atoms with Gasteiger partial charge in [-0.1, -0.05) is 6.07 Å². The molecular formula is C15H16N4O. The molecule has 102 valence electrons. The van der Waals surface area contributed by atoms with Crippen LogP contribution in [0.5, 0.6) is 5.75 Å². The summed E-state index contributed by atoms with van der Waals surface area (Å²) in [6.45, 7) is 0. The highest BCUT2D eigenvalue weighted by molar-refractivity contribution is 5.81. The Labute approximate surface area is 116 Å². The molecule has 0 radical (unpaired) electrons. The summed E-state index contributed by atoms with van der Waals surface area (Å²) in [5, 5.41) is 0. The van der Waals surface area contributed by atoms with E-state index in [2.05, 4.69) is 15.0 Å². The first-order valence-corrected chi connectivity index (χ1v) is 6.89. The first-order chi connectivity index (χ1) is 9.85. The van der Waals surface area contributed by atoms with Gasteiger partial charge in [-0.2, -0.15) is 0 Å². The Balaban J connectivity index is 1.73. The molecule has 0 saturated carbocycles. The van der Waals surface area contributed by atoms with Crippen molar-refractivity contribution >= 4 is 11.0 Å². The normalized spacial score (nSPS) is 18.1. The number of methoxy groups -OCH3 is 1. The minimum absolute atomic E-state index is 0.417. The zero-order valence-corrected chi connectivity index (χ0v) is 11.3. The van der Waals surface area contributed by atoms with Crippen molar-refractivity contribution in [2.24, 2.45) is 0 Å². The van der Waals surface area contributed by atoms with E-state index >= 15 is 0 Å². The lowest BCUT2D eigenvalue weighted by molar-refractivity contribution is 0.419. The zero-order chi connectivity index (χ0) is 13.5. The van der Waals surface area contributed by atoms with Gasteiger partial charge < -0.3 is 14.7 Å². The van der Waals surface area contributed by atoms with E-state index in [9.17, 15) is 0 Å². The lowest BCUT2D eigenvalue weighted by Gasteiger charge is -2.19. The maximum absolute atomic E-state index is 5.37. The van der Waals surface area contributed by atoms with Crippen molar-refractivity contribution in [3.8, 4) is 5.75 Å². The Morgan fingerprint density at radius 1 is 1.35 bits per heavy atom. The van der Waals surface area contributed by atoms with E-state index in [0.717, 1.165) is 41.9 Å². The molecule has 0 amide bonds. The molecule has 5 heteroatoms. The van der Waals surface area contributed by atoms with Gasteiger partial charge >= 0.3 is 0 Å². The second kappa shape index (κ2) is 4.37. The molecular weight excluding hydrogens is 252 g/mol. The van der Waals surface area contributed by atoms with Gasteiger partial charge in [-0.15, -0.1) is 0 Å². The van der Waals surface area contributed by atoms with Gasteiger partial charge in [0.2, 0.25) is 0 Å². The number of aromatic nitrogens is 4. The van der Waals surface area contributed by atoms with Crippen LogP contribution < -0.4 is 4.74 Å². The molecule has 1 aliphatic rings. The number of nitrogens with zero attached hydrogens (tertiary/aromatic N) is 2. The molecule has 1 unspecified atom stereocenters. The second-order valence-corrected chi connectivity index (χ2v) is 5.25. The standard InChI is InChI=1S/C15H16N4O/c1-20-13-4-2-3-11-14(13)19-15(18-11)9-5-6-10-12(7-9)17-8-16-10/h2-4,8-9H,5-7H2,1H3,(H,16,17)(H,18,19). The van der Waals surface area contributed by atoms with Crippen molar-refractivity contribution in [1.29, 1.82) is 0 Å². The number of fused-ring (bicyclic) bond motifs is 2. The molecule has 1 aliphatic carbocycles. The molecule has 20 heavy (non-hydrogen) atoms. The van der Waals surface area contributed by atoms with Gasteiger partial charge in [0, 0.05) is 11.6 Å². The van der Waals surface area contributed by atoms with Crippen LogP contribution in [0.15, 0.2) is 24.5 Å². The van der Waals surface area contributed by atoms with Crippen LogP contribution in [0, 0.1) is 0 Å². The van der Waals surface area contributed by atoms with Crippen LogP contribution in [0.4, 0.5) is 0 Å². The van der Waals surface area contributed by atoms with E-state index in [1.807, 2.05) is 18.2 Å². The van der Waals surface area contributed by atoms with Crippen LogP contribution in [0.1, 0.15) is 29.6 Å². The average molecular weight is 268 g/mol. The van der Waals surface area contributed by atoms with E-state index in [1.54, 1.807) is 13.4 Å². The largest absolute Gasteiger partial charge is 0.494 e. The number of aromatic amines is 2. The Hall–Kier alpha value is -2.30. The summed E-state index contributed by atoms with van der Waals surface area (Å²) < 4.78 is 5.37. The summed E-state index contributed by atoms with van der Waals surface area (Å²) in [4.78, 5) is 15.8. The molecule has 1 atom stereocenters. The van der Waals surface area contributed by atoms with Crippen LogP contribution in [0.25, 0.3) is 11.0 Å². The van der Waals surface area contributed by atoms with Gasteiger partial charge in [0.15, 0.2) is 0 Å². The minimum atomic E-state index is 0.417. The fraction of sp³-hybridized carbons (Fsp3) is 0.333. The number of imidazole rings is 2. The van der Waals surface area contributed by atoms with E-state index in [1.165, 1.54) is 11.4 Å². The summed E-state index contributed by atoms with van der Waals surface area (Å²) in [5.41, 5.74) is 4.40. The highest BCUT2D eigenvalue weighted by atomic mass is 16.5. The van der Waals surface area contributed by atoms with Crippen LogP contribution >= 0.6 is 0 Å². The van der Waals surface area contributed by atoms with Gasteiger partial charge in [-0.3, -0.25) is 0 Å². The van der Waals surface area contributed by atoms with Crippen LogP contribution in [-0.2, 0) is 12.8 Å². The molecule has 0 fully saturated rings. The highest BCUT2D eigenvalue weighted by Crippen LogP contribution is 2.32. The summed E-state index contributed by atoms with van der Waals surface area (Å²) >= 11 is 0. The Kier molecular flexibility index (Phi) is 2.52. The van der Waals surface area contributed by atoms with Crippen molar-refractivity contribution in [3.05, 3.63) is 41.7 Å². The predicted molar refractivity (Wildman–Crippen MR) is 76.0 cm³/mol. The van der Waals surface area contributed by atoms with Gasteiger partial charge in [-0.25, -0.2) is 9.97 Å². The maximum Gasteiger partial charge on any atom is 0.146 e. The summed E-state index contributed by atoms with van der Waals surface area (Å²) in [7, 11) is 1.68. The number of rotatable bonds is 2. The number of hydrogen-bond acceptors (Lipinski definition) is 3. The lowest BCUT2D eigenvalue weighted by atomic mass is 9.89. The number of H-pyrrole nitrogens is 2. The number of ether oxygens (including phenoxy) is 1. The summed E-state index contributed by atoms with van der Waals surface area (Å²) in [6, 6.07) is 5.97. The van der Waals surface area contributed by atoms with Gasteiger partial charge in [-0.05, 0) is 31.4 Å². The molecule has 5 nitrogen and oxygen atoms in total. The Bertz CT molecular complexity index is 758. The van der Waals surface area contributed by atoms with E-state index in [0.29, 0.717) is 5.92 Å². The third kappa shape index (κ3) is 1.70. The Morgan fingerprint density at radius 3 is 3.20 bits per heavy atom. The fourth-order valence-electron chi connectivity index (χ4n) is 3.02. The van der Waals surface area contributed by atoms with Crippen LogP contribution in [0.2, 0.25) is 0 Å². The quantitative estimate of drug-likeness (QED) is 0.750. The van der Waals surface area contributed by atoms with E-state index in [-0.39, 0.29) is 0 Å². The third-order valence-electron chi connectivity index (χ3n) is 4.09. The molecule has 0 spiro atoms. The van der Waals surface area contributed by atoms with Crippen molar-refractivity contribution in [2.45, 2.75) is 25.2 Å². The average Bonchev–Trinajstić information content (AvgIpc) is 3.11. The number of aryl methyl sites for hydroxylation is 1. The molecule has 0 saturated heterocycles. The van der Waals surface area contributed by atoms with Crippen LogP contribution in [-0.4, -0.2) is 27.0 Å². The molecule has 1 aromatic carbocycles. The third-order valence-corrected chi connectivity index (χ3v) is 4.09. The predicted octanol–water partition coefficient (Wildman–Crippen LogP) is 2.57. The van der Waals surface area contributed by atoms with Gasteiger partial charge in [0.1, 0.15) is 17.1 Å². The molecule has 0 bridgehead atoms. The van der Waals surface area contributed by atoms with Crippen molar-refractivity contribution in [3.63, 3.8) is 0 Å². The molecule has 2 N–H and O–H groups in total. The molecule has 2 heterocycles. The fourth-order valence-corrected chi connectivity index (χ4v) is 3.02. The van der Waals surface area contributed by atoms with Gasteiger partial charge in [0.05, 0.1) is 24.6 Å². The van der Waals surface area contributed by atoms with Crippen LogP contribution in [0.3, 0.4) is 0 Å². The van der Waals surface area contributed by atoms with E-state index < -0.39 is 0 Å². The summed E-state index contributed by atoms with van der Waals surface area (Å²) in [6.07, 6.45) is 4.85. The first-order valence-electron chi connectivity index (χ1n) is 6.89. The maximum atomic E-state index is 5.37. The van der Waals surface area contributed by atoms with Gasteiger partial charge in [0.25, 0.3) is 0 Å².